The van der Waals surface area contributed by atoms with Crippen LogP contribution in [-0.4, -0.2) is 42.2 Å². The third-order valence-electron chi connectivity index (χ3n) is 6.27. The molecule has 1 aliphatic rings. The van der Waals surface area contributed by atoms with Crippen LogP contribution < -0.4 is 10.1 Å². The molecule has 3 aromatic rings. The second kappa shape index (κ2) is 9.02. The fourth-order valence-electron chi connectivity index (χ4n) is 3.98. The van der Waals surface area contributed by atoms with Crippen molar-refractivity contribution in [2.45, 2.75) is 40.2 Å². The predicted molar refractivity (Wildman–Crippen MR) is 129 cm³/mol. The number of sulfone groups is 1. The number of anilines is 1. The summed E-state index contributed by atoms with van der Waals surface area (Å²) in [5.41, 5.74) is 6.00. The van der Waals surface area contributed by atoms with Crippen molar-refractivity contribution in [1.29, 1.82) is 0 Å². The van der Waals surface area contributed by atoms with E-state index in [2.05, 4.69) is 5.32 Å². The molecule has 1 atom stereocenters. The van der Waals surface area contributed by atoms with E-state index in [1.165, 1.54) is 5.56 Å². The number of amides is 1. The van der Waals surface area contributed by atoms with E-state index < -0.39 is 9.84 Å². The standard InChI is InChI=1S/C25H29N3O4S/c1-16-8-9-20(12-18(16)3)22-13-24(28(27-22)21-10-11-33(30,31)15-21)26-25(29)14-32-23-7-5-6-17(2)19(23)4/h5-9,12-13,21H,10-11,14-15H2,1-4H3,(H,26,29)/t21-/m1/s1. The Labute approximate surface area is 194 Å². The van der Waals surface area contributed by atoms with E-state index in [1.54, 1.807) is 10.7 Å². The molecule has 1 saturated heterocycles. The normalized spacial score (nSPS) is 17.2. The number of carbonyl (C=O) groups excluding carboxylic acids is 1. The van der Waals surface area contributed by atoms with Crippen molar-refractivity contribution in [2.75, 3.05) is 23.4 Å². The van der Waals surface area contributed by atoms with Crippen molar-refractivity contribution >= 4 is 21.6 Å². The SMILES string of the molecule is Cc1ccc(-c2cc(NC(=O)COc3cccc(C)c3C)n([C@@H]3CCS(=O)(=O)C3)n2)cc1C. The first-order chi connectivity index (χ1) is 15.6. The van der Waals surface area contributed by atoms with Crippen LogP contribution in [0.5, 0.6) is 5.75 Å². The first kappa shape index (κ1) is 23.0. The summed E-state index contributed by atoms with van der Waals surface area (Å²) in [6.45, 7) is 7.87. The Morgan fingerprint density at radius 1 is 1.09 bits per heavy atom. The van der Waals surface area contributed by atoms with Crippen LogP contribution in [0.3, 0.4) is 0 Å². The number of carbonyl (C=O) groups is 1. The highest BCUT2D eigenvalue weighted by Gasteiger charge is 2.32. The van der Waals surface area contributed by atoms with Gasteiger partial charge in [-0.05, 0) is 68.5 Å². The Kier molecular flexibility index (Phi) is 6.30. The molecule has 1 aromatic heterocycles. The molecule has 8 heteroatoms. The molecule has 4 rings (SSSR count). The van der Waals surface area contributed by atoms with Gasteiger partial charge in [0.25, 0.3) is 5.91 Å². The Bertz CT molecular complexity index is 1310. The summed E-state index contributed by atoms with van der Waals surface area (Å²) in [5, 5.41) is 7.57. The van der Waals surface area contributed by atoms with Crippen molar-refractivity contribution in [1.82, 2.24) is 9.78 Å². The molecule has 0 radical (unpaired) electrons. The summed E-state index contributed by atoms with van der Waals surface area (Å²) in [5.74, 6) is 0.948. The van der Waals surface area contributed by atoms with Crippen LogP contribution >= 0.6 is 0 Å². The predicted octanol–water partition coefficient (Wildman–Crippen LogP) is 4.16. The van der Waals surface area contributed by atoms with Gasteiger partial charge in [-0.15, -0.1) is 0 Å². The van der Waals surface area contributed by atoms with E-state index in [1.807, 2.05) is 64.1 Å². The molecule has 33 heavy (non-hydrogen) atoms. The highest BCUT2D eigenvalue weighted by molar-refractivity contribution is 7.91. The van der Waals surface area contributed by atoms with E-state index in [0.29, 0.717) is 23.7 Å². The van der Waals surface area contributed by atoms with Gasteiger partial charge in [-0.2, -0.15) is 5.10 Å². The summed E-state index contributed by atoms with van der Waals surface area (Å²) in [4.78, 5) is 12.7. The lowest BCUT2D eigenvalue weighted by atomic mass is 10.0. The maximum Gasteiger partial charge on any atom is 0.263 e. The number of aromatic nitrogens is 2. The Morgan fingerprint density at radius 3 is 2.58 bits per heavy atom. The zero-order valence-electron chi connectivity index (χ0n) is 19.4. The molecule has 7 nitrogen and oxygen atoms in total. The van der Waals surface area contributed by atoms with Crippen LogP contribution in [0.1, 0.15) is 34.7 Å². The molecule has 0 saturated carbocycles. The minimum Gasteiger partial charge on any atom is -0.483 e. The summed E-state index contributed by atoms with van der Waals surface area (Å²) in [6, 6.07) is 13.3. The van der Waals surface area contributed by atoms with Gasteiger partial charge in [0.15, 0.2) is 16.4 Å². The maximum atomic E-state index is 12.7. The van der Waals surface area contributed by atoms with Crippen LogP contribution in [-0.2, 0) is 14.6 Å². The molecule has 1 fully saturated rings. The van der Waals surface area contributed by atoms with Crippen molar-refractivity contribution in [3.05, 3.63) is 64.7 Å². The fraction of sp³-hybridized carbons (Fsp3) is 0.360. The topological polar surface area (TPSA) is 90.3 Å². The monoisotopic (exact) mass is 467 g/mol. The number of aryl methyl sites for hydroxylation is 3. The fourth-order valence-corrected chi connectivity index (χ4v) is 5.67. The molecule has 0 spiro atoms. The van der Waals surface area contributed by atoms with Gasteiger partial charge in [0, 0.05) is 11.6 Å². The molecule has 0 unspecified atom stereocenters. The molecule has 1 aliphatic heterocycles. The third-order valence-corrected chi connectivity index (χ3v) is 8.02. The molecule has 174 valence electrons. The summed E-state index contributed by atoms with van der Waals surface area (Å²) in [6.07, 6.45) is 0.470. The number of hydrogen-bond acceptors (Lipinski definition) is 5. The van der Waals surface area contributed by atoms with Crippen molar-refractivity contribution in [2.24, 2.45) is 0 Å². The van der Waals surface area contributed by atoms with Gasteiger partial charge >= 0.3 is 0 Å². The number of hydrogen-bond donors (Lipinski definition) is 1. The van der Waals surface area contributed by atoms with E-state index in [4.69, 9.17) is 9.84 Å². The smallest absolute Gasteiger partial charge is 0.263 e. The molecule has 2 heterocycles. The number of nitrogens with one attached hydrogen (secondary N) is 1. The van der Waals surface area contributed by atoms with E-state index in [9.17, 15) is 13.2 Å². The van der Waals surface area contributed by atoms with Crippen LogP contribution in [0, 0.1) is 27.7 Å². The Morgan fingerprint density at radius 2 is 1.88 bits per heavy atom. The van der Waals surface area contributed by atoms with E-state index >= 15 is 0 Å². The molecule has 0 aliphatic carbocycles. The molecule has 0 bridgehead atoms. The lowest BCUT2D eigenvalue weighted by Crippen LogP contribution is -2.24. The van der Waals surface area contributed by atoms with Crippen molar-refractivity contribution < 1.29 is 17.9 Å². The Hall–Kier alpha value is -3.13. The third kappa shape index (κ3) is 5.11. The lowest BCUT2D eigenvalue weighted by Gasteiger charge is -2.14. The summed E-state index contributed by atoms with van der Waals surface area (Å²) < 4.78 is 31.5. The molecular formula is C25H29N3O4S. The molecular weight excluding hydrogens is 438 g/mol. The number of nitrogens with zero attached hydrogens (tertiary/aromatic N) is 2. The second-order valence-electron chi connectivity index (χ2n) is 8.75. The molecule has 2 aromatic carbocycles. The molecule has 1 amide bonds. The largest absolute Gasteiger partial charge is 0.483 e. The van der Waals surface area contributed by atoms with Gasteiger partial charge in [0.2, 0.25) is 0 Å². The first-order valence-corrected chi connectivity index (χ1v) is 12.8. The second-order valence-corrected chi connectivity index (χ2v) is 11.0. The quantitative estimate of drug-likeness (QED) is 0.588. The van der Waals surface area contributed by atoms with Crippen LogP contribution in [0.4, 0.5) is 5.82 Å². The average Bonchev–Trinajstić information content (AvgIpc) is 3.34. The van der Waals surface area contributed by atoms with Crippen LogP contribution in [0.2, 0.25) is 0 Å². The van der Waals surface area contributed by atoms with Gasteiger partial charge < -0.3 is 10.1 Å². The zero-order valence-corrected chi connectivity index (χ0v) is 20.2. The minimum absolute atomic E-state index is 0.0168. The van der Waals surface area contributed by atoms with Gasteiger partial charge in [0.05, 0.1) is 23.2 Å². The van der Waals surface area contributed by atoms with Gasteiger partial charge in [-0.1, -0.05) is 24.3 Å². The number of ether oxygens (including phenoxy) is 1. The summed E-state index contributed by atoms with van der Waals surface area (Å²) >= 11 is 0. The van der Waals surface area contributed by atoms with Crippen molar-refractivity contribution in [3.8, 4) is 17.0 Å². The Balaban J connectivity index is 1.58. The van der Waals surface area contributed by atoms with E-state index in [0.717, 1.165) is 22.3 Å². The van der Waals surface area contributed by atoms with Gasteiger partial charge in [-0.3, -0.25) is 4.79 Å². The zero-order chi connectivity index (χ0) is 23.8. The van der Waals surface area contributed by atoms with E-state index in [-0.39, 0.29) is 30.1 Å². The summed E-state index contributed by atoms with van der Waals surface area (Å²) in [7, 11) is -3.11. The number of benzene rings is 2. The first-order valence-electron chi connectivity index (χ1n) is 11.0. The number of rotatable bonds is 6. The minimum atomic E-state index is -3.11. The highest BCUT2D eigenvalue weighted by atomic mass is 32.2. The van der Waals surface area contributed by atoms with Gasteiger partial charge in [0.1, 0.15) is 11.6 Å². The van der Waals surface area contributed by atoms with Crippen LogP contribution in [0.15, 0.2) is 42.5 Å². The van der Waals surface area contributed by atoms with Crippen molar-refractivity contribution in [3.63, 3.8) is 0 Å². The lowest BCUT2D eigenvalue weighted by molar-refractivity contribution is -0.118. The average molecular weight is 468 g/mol. The maximum absolute atomic E-state index is 12.7. The molecule has 1 N–H and O–H groups in total. The van der Waals surface area contributed by atoms with Crippen LogP contribution in [0.25, 0.3) is 11.3 Å². The highest BCUT2D eigenvalue weighted by Crippen LogP contribution is 2.31. The van der Waals surface area contributed by atoms with Gasteiger partial charge in [-0.25, -0.2) is 13.1 Å².